The van der Waals surface area contributed by atoms with Crippen LogP contribution >= 0.6 is 0 Å². The van der Waals surface area contributed by atoms with Gasteiger partial charge in [-0.15, -0.1) is 0 Å². The lowest BCUT2D eigenvalue weighted by Crippen LogP contribution is -2.41. The van der Waals surface area contributed by atoms with Crippen LogP contribution in [-0.4, -0.2) is 29.0 Å². The average Bonchev–Trinajstić information content (AvgIpc) is 3.05. The standard InChI is InChI=1S/C33H49BO3/c1-12-32(35,13-2)19-18-26-16-17-27(20-23(26)5)33(14-3,15-4)28-21-24(6)29(25(7)22-28)34-36-30(8,9)31(10,11)37-34/h16-22,35H,12-15H2,1-11H3. The predicted octanol–water partition coefficient (Wildman–Crippen LogP) is 7.58. The van der Waals surface area contributed by atoms with E-state index in [2.05, 4.69) is 98.7 Å². The van der Waals surface area contributed by atoms with Crippen molar-refractivity contribution in [1.29, 1.82) is 0 Å². The van der Waals surface area contributed by atoms with E-state index in [9.17, 15) is 5.11 Å². The second-order valence-corrected chi connectivity index (χ2v) is 12.1. The lowest BCUT2D eigenvalue weighted by Gasteiger charge is -2.35. The Hall–Kier alpha value is -1.88. The molecule has 1 aliphatic heterocycles. The first-order valence-corrected chi connectivity index (χ1v) is 14.2. The molecule has 3 nitrogen and oxygen atoms in total. The molecule has 1 heterocycles. The predicted molar refractivity (Wildman–Crippen MR) is 159 cm³/mol. The minimum atomic E-state index is -0.740. The van der Waals surface area contributed by atoms with E-state index in [4.69, 9.17) is 9.31 Å². The summed E-state index contributed by atoms with van der Waals surface area (Å²) >= 11 is 0. The van der Waals surface area contributed by atoms with Gasteiger partial charge < -0.3 is 14.4 Å². The molecule has 37 heavy (non-hydrogen) atoms. The summed E-state index contributed by atoms with van der Waals surface area (Å²) in [6.45, 7) is 23.6. The van der Waals surface area contributed by atoms with Gasteiger partial charge in [0.25, 0.3) is 0 Å². The molecule has 0 saturated carbocycles. The first-order valence-electron chi connectivity index (χ1n) is 14.2. The molecule has 0 unspecified atom stereocenters. The highest BCUT2D eigenvalue weighted by atomic mass is 16.7. The lowest BCUT2D eigenvalue weighted by atomic mass is 9.66. The molecule has 0 aliphatic carbocycles. The van der Waals surface area contributed by atoms with Crippen LogP contribution < -0.4 is 5.46 Å². The topological polar surface area (TPSA) is 38.7 Å². The molecule has 0 amide bonds. The summed E-state index contributed by atoms with van der Waals surface area (Å²) in [5.74, 6) is 0. The van der Waals surface area contributed by atoms with E-state index in [0.717, 1.165) is 23.9 Å². The number of aliphatic hydroxyl groups is 1. The van der Waals surface area contributed by atoms with E-state index < -0.39 is 5.60 Å². The summed E-state index contributed by atoms with van der Waals surface area (Å²) in [4.78, 5) is 0. The lowest BCUT2D eigenvalue weighted by molar-refractivity contribution is 0.00578. The first kappa shape index (κ1) is 29.7. The normalized spacial score (nSPS) is 17.7. The minimum absolute atomic E-state index is 0.0788. The molecule has 2 aromatic rings. The van der Waals surface area contributed by atoms with Crippen LogP contribution in [0.2, 0.25) is 0 Å². The van der Waals surface area contributed by atoms with Crippen molar-refractivity contribution in [3.63, 3.8) is 0 Å². The van der Waals surface area contributed by atoms with E-state index in [-0.39, 0.29) is 23.7 Å². The third kappa shape index (κ3) is 5.49. The summed E-state index contributed by atoms with van der Waals surface area (Å²) in [7, 11) is -0.352. The zero-order chi connectivity index (χ0) is 27.8. The maximum absolute atomic E-state index is 10.7. The summed E-state index contributed by atoms with van der Waals surface area (Å²) in [6, 6.07) is 11.5. The maximum atomic E-state index is 10.7. The Labute approximate surface area is 226 Å². The first-order chi connectivity index (χ1) is 17.2. The van der Waals surface area contributed by atoms with Gasteiger partial charge in [0.2, 0.25) is 0 Å². The van der Waals surface area contributed by atoms with Crippen LogP contribution in [0.15, 0.2) is 36.4 Å². The molecule has 0 atom stereocenters. The average molecular weight is 505 g/mol. The Bertz CT molecular complexity index is 1100. The third-order valence-corrected chi connectivity index (χ3v) is 9.46. The van der Waals surface area contributed by atoms with Crippen LogP contribution in [0.4, 0.5) is 0 Å². The van der Waals surface area contributed by atoms with Gasteiger partial charge in [-0.25, -0.2) is 0 Å². The summed E-state index contributed by atoms with van der Waals surface area (Å²) in [5.41, 5.74) is 7.14. The fourth-order valence-electron chi connectivity index (χ4n) is 5.71. The molecule has 1 aliphatic rings. The van der Waals surface area contributed by atoms with E-state index in [1.165, 1.54) is 27.8 Å². The van der Waals surface area contributed by atoms with Crippen LogP contribution in [0.1, 0.15) is 114 Å². The van der Waals surface area contributed by atoms with Gasteiger partial charge in [-0.2, -0.15) is 0 Å². The largest absolute Gasteiger partial charge is 0.495 e. The van der Waals surface area contributed by atoms with Crippen molar-refractivity contribution < 1.29 is 14.4 Å². The van der Waals surface area contributed by atoms with Crippen LogP contribution in [-0.2, 0) is 14.7 Å². The highest BCUT2D eigenvalue weighted by Gasteiger charge is 2.52. The van der Waals surface area contributed by atoms with E-state index in [1.807, 2.05) is 19.9 Å². The molecule has 3 rings (SSSR count). The van der Waals surface area contributed by atoms with Gasteiger partial charge in [0.1, 0.15) is 0 Å². The minimum Gasteiger partial charge on any atom is -0.399 e. The van der Waals surface area contributed by atoms with Crippen molar-refractivity contribution in [2.24, 2.45) is 0 Å². The highest BCUT2D eigenvalue weighted by Crippen LogP contribution is 2.41. The third-order valence-electron chi connectivity index (χ3n) is 9.46. The van der Waals surface area contributed by atoms with Gasteiger partial charge in [0.15, 0.2) is 0 Å². The number of benzene rings is 2. The smallest absolute Gasteiger partial charge is 0.399 e. The van der Waals surface area contributed by atoms with E-state index >= 15 is 0 Å². The molecule has 1 fully saturated rings. The Morgan fingerprint density at radius 2 is 1.24 bits per heavy atom. The van der Waals surface area contributed by atoms with Gasteiger partial charge in [-0.1, -0.05) is 81.3 Å². The molecule has 0 radical (unpaired) electrons. The summed E-state index contributed by atoms with van der Waals surface area (Å²) in [5, 5.41) is 10.7. The van der Waals surface area contributed by atoms with Crippen LogP contribution in [0.5, 0.6) is 0 Å². The van der Waals surface area contributed by atoms with Gasteiger partial charge >= 0.3 is 7.12 Å². The second kappa shape index (κ2) is 10.7. The Balaban J connectivity index is 2.03. The molecule has 0 bridgehead atoms. The van der Waals surface area contributed by atoms with E-state index in [1.54, 1.807) is 0 Å². The monoisotopic (exact) mass is 504 g/mol. The number of aryl methyl sites for hydroxylation is 3. The van der Waals surface area contributed by atoms with Gasteiger partial charge in [0, 0.05) is 5.41 Å². The fraction of sp³-hybridized carbons (Fsp3) is 0.576. The Morgan fingerprint density at radius 1 is 0.757 bits per heavy atom. The van der Waals surface area contributed by atoms with Crippen molar-refractivity contribution in [3.05, 3.63) is 69.8 Å². The molecule has 0 aromatic heterocycles. The number of hydrogen-bond acceptors (Lipinski definition) is 3. The second-order valence-electron chi connectivity index (χ2n) is 12.1. The van der Waals surface area contributed by atoms with Gasteiger partial charge in [0.05, 0.1) is 16.8 Å². The quantitative estimate of drug-likeness (QED) is 0.358. The van der Waals surface area contributed by atoms with Crippen molar-refractivity contribution in [3.8, 4) is 0 Å². The zero-order valence-corrected chi connectivity index (χ0v) is 25.2. The van der Waals surface area contributed by atoms with Crippen LogP contribution in [0.25, 0.3) is 6.08 Å². The van der Waals surface area contributed by atoms with Crippen molar-refractivity contribution in [1.82, 2.24) is 0 Å². The fourth-order valence-corrected chi connectivity index (χ4v) is 5.71. The maximum Gasteiger partial charge on any atom is 0.495 e. The van der Waals surface area contributed by atoms with Crippen molar-refractivity contribution in [2.45, 2.75) is 124 Å². The molecule has 2 aromatic carbocycles. The summed E-state index contributed by atoms with van der Waals surface area (Å²) in [6.07, 6.45) is 7.50. The van der Waals surface area contributed by atoms with Gasteiger partial charge in [-0.3, -0.25) is 0 Å². The zero-order valence-electron chi connectivity index (χ0n) is 25.2. The Morgan fingerprint density at radius 3 is 1.68 bits per heavy atom. The molecule has 1 N–H and O–H groups in total. The van der Waals surface area contributed by atoms with Crippen molar-refractivity contribution >= 4 is 18.7 Å². The highest BCUT2D eigenvalue weighted by molar-refractivity contribution is 6.63. The van der Waals surface area contributed by atoms with Crippen molar-refractivity contribution in [2.75, 3.05) is 0 Å². The van der Waals surface area contributed by atoms with Crippen LogP contribution in [0.3, 0.4) is 0 Å². The molecular formula is C33H49BO3. The molecule has 0 spiro atoms. The molecular weight excluding hydrogens is 455 g/mol. The van der Waals surface area contributed by atoms with Gasteiger partial charge in [-0.05, 0) is 102 Å². The number of rotatable bonds is 9. The SMILES string of the molecule is CCC(O)(C=Cc1ccc(C(CC)(CC)c2cc(C)c(B3OC(C)(C)C(C)(C)O3)c(C)c2)cc1C)CC. The van der Waals surface area contributed by atoms with E-state index in [0.29, 0.717) is 12.8 Å². The molecule has 202 valence electrons. The van der Waals surface area contributed by atoms with Crippen LogP contribution in [0, 0.1) is 20.8 Å². The Kier molecular flexibility index (Phi) is 8.59. The summed E-state index contributed by atoms with van der Waals surface area (Å²) < 4.78 is 12.8. The molecule has 1 saturated heterocycles. The molecule has 4 heteroatoms. The number of hydrogen-bond donors (Lipinski definition) is 1.